The molecule has 1 aliphatic heterocycles. The Labute approximate surface area is 290 Å². The van der Waals surface area contributed by atoms with Crippen molar-refractivity contribution in [3.63, 3.8) is 0 Å². The lowest BCUT2D eigenvalue weighted by atomic mass is 10.0. The molecule has 0 unspecified atom stereocenters. The van der Waals surface area contributed by atoms with Gasteiger partial charge in [0, 0.05) is 48.6 Å². The molecule has 1 aromatic heterocycles. The summed E-state index contributed by atoms with van der Waals surface area (Å²) in [7, 11) is -10.8. The summed E-state index contributed by atoms with van der Waals surface area (Å²) >= 11 is 1.53. The summed E-state index contributed by atoms with van der Waals surface area (Å²) in [6.07, 6.45) is 3.15. The average molecular weight is 760 g/mol. The van der Waals surface area contributed by atoms with Crippen LogP contribution in [0.5, 0.6) is 0 Å². The molecule has 0 saturated carbocycles. The van der Waals surface area contributed by atoms with Crippen molar-refractivity contribution >= 4 is 54.5 Å². The standard InChI is InChI=1S/C33H33F6N4O4S3/c34-32(35,36)49(44,45)40-18-8-10-20-42-27-15-5-4-14-26(27)25(22-29(42)24-12-2-1-3-13-24)23-31-43(28-16-6-7-17-30(28)48-31)21-11-9-19-41-50(46,47)33(37,38)39/h1-7,12-17,22-23,40-41H,8-11,18-21H2/q+1. The summed E-state index contributed by atoms with van der Waals surface area (Å²) in [5.74, 6) is 0. The third-order valence-corrected chi connectivity index (χ3v) is 11.4. The van der Waals surface area contributed by atoms with Crippen molar-refractivity contribution in [3.8, 4) is 11.3 Å². The topological polar surface area (TPSA) is 99.5 Å². The van der Waals surface area contributed by atoms with Crippen LogP contribution in [0.1, 0.15) is 31.2 Å². The van der Waals surface area contributed by atoms with Crippen LogP contribution in [0, 0.1) is 0 Å². The van der Waals surface area contributed by atoms with Crippen LogP contribution in [0.3, 0.4) is 0 Å². The second kappa shape index (κ2) is 15.3. The SMILES string of the molecule is O=S(=O)(NCCCCN1/C(=C\c2cc(-c3ccccc3)[n+](CCCCNS(=O)(=O)C(F)(F)F)c3ccccc23)Sc2ccccc21)C(F)(F)F. The van der Waals surface area contributed by atoms with Crippen LogP contribution in [-0.4, -0.2) is 47.5 Å². The number of thioether (sulfide) groups is 1. The van der Waals surface area contributed by atoms with Crippen LogP contribution in [0.25, 0.3) is 28.2 Å². The van der Waals surface area contributed by atoms with Gasteiger partial charge in [-0.05, 0) is 61.2 Å². The molecule has 0 fully saturated rings. The molecule has 1 aliphatic rings. The van der Waals surface area contributed by atoms with Crippen LogP contribution in [0.15, 0.2) is 94.9 Å². The Bertz CT molecular complexity index is 2070. The number of aromatic nitrogens is 1. The average Bonchev–Trinajstić information content (AvgIpc) is 3.41. The molecule has 0 spiro atoms. The maximum absolute atomic E-state index is 12.8. The number of anilines is 1. The smallest absolute Gasteiger partial charge is 0.335 e. The van der Waals surface area contributed by atoms with Crippen LogP contribution < -0.4 is 18.9 Å². The first kappa shape index (κ1) is 37.6. The highest BCUT2D eigenvalue weighted by Gasteiger charge is 2.46. The van der Waals surface area contributed by atoms with E-state index in [-0.39, 0.29) is 25.9 Å². The Morgan fingerprint density at radius 3 is 1.96 bits per heavy atom. The molecule has 17 heteroatoms. The number of benzene rings is 3. The van der Waals surface area contributed by atoms with Gasteiger partial charge in [0.05, 0.1) is 16.1 Å². The van der Waals surface area contributed by atoms with Gasteiger partial charge in [0.2, 0.25) is 11.2 Å². The molecular weight excluding hydrogens is 727 g/mol. The number of halogens is 6. The lowest BCUT2D eigenvalue weighted by Crippen LogP contribution is -2.39. The zero-order valence-electron chi connectivity index (χ0n) is 26.3. The van der Waals surface area contributed by atoms with E-state index in [4.69, 9.17) is 0 Å². The fraction of sp³-hybridized carbons (Fsp3) is 0.303. The molecule has 50 heavy (non-hydrogen) atoms. The molecule has 268 valence electrons. The van der Waals surface area contributed by atoms with E-state index in [2.05, 4.69) is 9.47 Å². The molecule has 0 radical (unpaired) electrons. The summed E-state index contributed by atoms with van der Waals surface area (Å²) in [5.41, 5.74) is -6.41. The summed E-state index contributed by atoms with van der Waals surface area (Å²) in [5, 5.41) is 1.75. The fourth-order valence-corrected chi connectivity index (χ4v) is 7.78. The molecule has 0 atom stereocenters. The first-order valence-electron chi connectivity index (χ1n) is 15.5. The normalized spacial score (nSPS) is 14.8. The third kappa shape index (κ3) is 8.62. The van der Waals surface area contributed by atoms with Crippen molar-refractivity contribution in [1.29, 1.82) is 0 Å². The molecule has 0 amide bonds. The molecule has 5 rings (SSSR count). The highest BCUT2D eigenvalue weighted by molar-refractivity contribution is 8.03. The zero-order chi connectivity index (χ0) is 36.2. The van der Waals surface area contributed by atoms with Crippen LogP contribution in [0.2, 0.25) is 0 Å². The van der Waals surface area contributed by atoms with E-state index in [0.29, 0.717) is 25.9 Å². The van der Waals surface area contributed by atoms with Crippen molar-refractivity contribution in [2.24, 2.45) is 0 Å². The van der Waals surface area contributed by atoms with Gasteiger partial charge in [0.25, 0.3) is 0 Å². The fourth-order valence-electron chi connectivity index (χ4n) is 5.48. The molecule has 4 aromatic rings. The number of aryl methyl sites for hydroxylation is 1. The Morgan fingerprint density at radius 1 is 0.720 bits per heavy atom. The van der Waals surface area contributed by atoms with Gasteiger partial charge in [-0.25, -0.2) is 26.3 Å². The van der Waals surface area contributed by atoms with Gasteiger partial charge >= 0.3 is 31.1 Å². The second-order valence-electron chi connectivity index (χ2n) is 11.3. The number of pyridine rings is 1. The van der Waals surface area contributed by atoms with E-state index in [1.165, 1.54) is 11.8 Å². The second-order valence-corrected chi connectivity index (χ2v) is 15.9. The minimum absolute atomic E-state index is 0.165. The maximum Gasteiger partial charge on any atom is 0.511 e. The summed E-state index contributed by atoms with van der Waals surface area (Å²) in [6.45, 7) is 0.0756. The quantitative estimate of drug-likeness (QED) is 0.0806. The lowest BCUT2D eigenvalue weighted by Gasteiger charge is -2.21. The Balaban J connectivity index is 1.44. The van der Waals surface area contributed by atoms with E-state index in [0.717, 1.165) is 43.3 Å². The first-order chi connectivity index (χ1) is 23.6. The van der Waals surface area contributed by atoms with Crippen LogP contribution in [0.4, 0.5) is 32.0 Å². The highest BCUT2D eigenvalue weighted by atomic mass is 32.2. The van der Waals surface area contributed by atoms with Gasteiger partial charge in [-0.2, -0.15) is 30.9 Å². The maximum atomic E-state index is 12.8. The Morgan fingerprint density at radius 2 is 1.30 bits per heavy atom. The van der Waals surface area contributed by atoms with Crippen molar-refractivity contribution in [3.05, 3.63) is 95.5 Å². The minimum atomic E-state index is -5.43. The van der Waals surface area contributed by atoms with E-state index in [1.807, 2.05) is 91.0 Å². The Kier molecular flexibility index (Phi) is 11.5. The number of nitrogens with zero attached hydrogens (tertiary/aromatic N) is 2. The van der Waals surface area contributed by atoms with Crippen molar-refractivity contribution in [1.82, 2.24) is 9.44 Å². The van der Waals surface area contributed by atoms with Gasteiger partial charge in [-0.3, -0.25) is 0 Å². The molecule has 3 aromatic carbocycles. The van der Waals surface area contributed by atoms with Crippen LogP contribution >= 0.6 is 11.8 Å². The van der Waals surface area contributed by atoms with E-state index < -0.39 is 31.1 Å². The number of sulfonamides is 2. The van der Waals surface area contributed by atoms with E-state index in [1.54, 1.807) is 9.44 Å². The number of hydrogen-bond donors (Lipinski definition) is 2. The minimum Gasteiger partial charge on any atom is -0.335 e. The van der Waals surface area contributed by atoms with E-state index >= 15 is 0 Å². The van der Waals surface area contributed by atoms with Crippen molar-refractivity contribution < 1.29 is 47.7 Å². The van der Waals surface area contributed by atoms with Gasteiger partial charge in [0.1, 0.15) is 6.54 Å². The Hall–Kier alpha value is -3.64. The number of alkyl halides is 6. The number of nitrogens with one attached hydrogen (secondary N) is 2. The molecule has 0 aliphatic carbocycles. The predicted octanol–water partition coefficient (Wildman–Crippen LogP) is 7.14. The predicted molar refractivity (Wildman–Crippen MR) is 182 cm³/mol. The highest BCUT2D eigenvalue weighted by Crippen LogP contribution is 2.47. The summed E-state index contributed by atoms with van der Waals surface area (Å²) in [4.78, 5) is 3.04. The van der Waals surface area contributed by atoms with Gasteiger partial charge in [0.15, 0.2) is 0 Å². The zero-order valence-corrected chi connectivity index (χ0v) is 28.8. The molecular formula is C33H33F6N4O4S3+. The number of para-hydroxylation sites is 2. The molecule has 2 heterocycles. The lowest BCUT2D eigenvalue weighted by molar-refractivity contribution is -0.661. The summed E-state index contributed by atoms with van der Waals surface area (Å²) < 4.78 is 127. The van der Waals surface area contributed by atoms with Gasteiger partial charge in [-0.15, -0.1) is 0 Å². The number of unbranched alkanes of at least 4 members (excludes halogenated alkanes) is 2. The van der Waals surface area contributed by atoms with E-state index in [9.17, 15) is 43.2 Å². The summed E-state index contributed by atoms with van der Waals surface area (Å²) in [6, 6.07) is 26.9. The number of rotatable bonds is 14. The number of fused-ring (bicyclic) bond motifs is 2. The number of hydrogen-bond acceptors (Lipinski definition) is 6. The largest absolute Gasteiger partial charge is 0.511 e. The molecule has 2 N–H and O–H groups in total. The first-order valence-corrected chi connectivity index (χ1v) is 19.3. The third-order valence-electron chi connectivity index (χ3n) is 7.88. The van der Waals surface area contributed by atoms with Crippen LogP contribution in [-0.2, 0) is 26.6 Å². The molecule has 0 bridgehead atoms. The van der Waals surface area contributed by atoms with Crippen molar-refractivity contribution in [2.75, 3.05) is 24.5 Å². The monoisotopic (exact) mass is 759 g/mol. The van der Waals surface area contributed by atoms with Gasteiger partial charge in [-0.1, -0.05) is 54.2 Å². The van der Waals surface area contributed by atoms with Gasteiger partial charge < -0.3 is 4.90 Å². The molecule has 8 nitrogen and oxygen atoms in total. The van der Waals surface area contributed by atoms with Crippen molar-refractivity contribution in [2.45, 2.75) is 48.1 Å². The molecule has 0 saturated heterocycles.